The van der Waals surface area contributed by atoms with Gasteiger partial charge in [0.15, 0.2) is 0 Å². The Kier molecular flexibility index (Phi) is 3.98. The lowest BCUT2D eigenvalue weighted by atomic mass is 9.90. The predicted octanol–water partition coefficient (Wildman–Crippen LogP) is 4.31. The predicted molar refractivity (Wildman–Crippen MR) is 93.5 cm³/mol. The van der Waals surface area contributed by atoms with Crippen LogP contribution in [0.25, 0.3) is 0 Å². The van der Waals surface area contributed by atoms with E-state index in [2.05, 4.69) is 4.98 Å². The van der Waals surface area contributed by atoms with Crippen molar-refractivity contribution in [3.8, 4) is 17.4 Å². The molecule has 1 aromatic heterocycles. The second kappa shape index (κ2) is 6.43. The van der Waals surface area contributed by atoms with E-state index in [1.165, 1.54) is 6.07 Å². The van der Waals surface area contributed by atoms with Crippen molar-refractivity contribution in [3.63, 3.8) is 0 Å². The summed E-state index contributed by atoms with van der Waals surface area (Å²) >= 11 is 0. The van der Waals surface area contributed by atoms with Crippen LogP contribution in [-0.4, -0.2) is 11.6 Å². The number of nitrogens with two attached hydrogens (primary N) is 1. The zero-order valence-electron chi connectivity index (χ0n) is 13.5. The van der Waals surface area contributed by atoms with Crippen molar-refractivity contribution in [1.82, 2.24) is 4.98 Å². The molecule has 5 heteroatoms. The summed E-state index contributed by atoms with van der Waals surface area (Å²) in [6.07, 6.45) is 2.35. The average Bonchev–Trinajstić information content (AvgIpc) is 2.63. The normalized spacial score (nSPS) is 16.0. The molecule has 0 radical (unpaired) electrons. The number of rotatable bonds is 3. The summed E-state index contributed by atoms with van der Waals surface area (Å²) < 4.78 is 25.0. The van der Waals surface area contributed by atoms with Crippen LogP contribution in [0, 0.1) is 5.82 Å². The standard InChI is InChI=1S/C20H17FN2O2/c21-16-3-1-2-13(9-16)15-8-14-4-6-18(10-19(14)24-12-15)25-20-7-5-17(22)11-23-20/h1-7,9-11,15H,8,12,22H2. The number of hydrogen-bond donors (Lipinski definition) is 1. The molecule has 4 nitrogen and oxygen atoms in total. The van der Waals surface area contributed by atoms with Gasteiger partial charge in [-0.05, 0) is 41.8 Å². The lowest BCUT2D eigenvalue weighted by Gasteiger charge is -2.26. The van der Waals surface area contributed by atoms with Gasteiger partial charge in [-0.3, -0.25) is 0 Å². The molecule has 1 aliphatic rings. The molecule has 2 heterocycles. The van der Waals surface area contributed by atoms with Gasteiger partial charge in [0, 0.05) is 18.1 Å². The van der Waals surface area contributed by atoms with E-state index in [9.17, 15) is 4.39 Å². The summed E-state index contributed by atoms with van der Waals surface area (Å²) in [7, 11) is 0. The van der Waals surface area contributed by atoms with Gasteiger partial charge in [-0.2, -0.15) is 0 Å². The molecule has 0 aliphatic carbocycles. The Morgan fingerprint density at radius 2 is 2.04 bits per heavy atom. The summed E-state index contributed by atoms with van der Waals surface area (Å²) in [5, 5.41) is 0. The molecule has 3 aromatic rings. The van der Waals surface area contributed by atoms with E-state index in [4.69, 9.17) is 15.2 Å². The van der Waals surface area contributed by atoms with Crippen molar-refractivity contribution in [2.45, 2.75) is 12.3 Å². The van der Waals surface area contributed by atoms with Crippen molar-refractivity contribution in [1.29, 1.82) is 0 Å². The van der Waals surface area contributed by atoms with Gasteiger partial charge in [0.25, 0.3) is 0 Å². The fourth-order valence-corrected chi connectivity index (χ4v) is 2.96. The number of anilines is 1. The van der Waals surface area contributed by atoms with Gasteiger partial charge in [0.2, 0.25) is 5.88 Å². The molecule has 4 rings (SSSR count). The van der Waals surface area contributed by atoms with Gasteiger partial charge in [-0.1, -0.05) is 18.2 Å². The smallest absolute Gasteiger partial charge is 0.219 e. The fourth-order valence-electron chi connectivity index (χ4n) is 2.96. The molecule has 2 N–H and O–H groups in total. The molecule has 25 heavy (non-hydrogen) atoms. The van der Waals surface area contributed by atoms with E-state index in [0.29, 0.717) is 23.9 Å². The quantitative estimate of drug-likeness (QED) is 0.774. The summed E-state index contributed by atoms with van der Waals surface area (Å²) in [5.41, 5.74) is 8.24. The number of aromatic nitrogens is 1. The van der Waals surface area contributed by atoms with E-state index in [1.54, 1.807) is 30.5 Å². The zero-order chi connectivity index (χ0) is 17.2. The minimum absolute atomic E-state index is 0.147. The molecule has 0 amide bonds. The third-order valence-corrected chi connectivity index (χ3v) is 4.25. The SMILES string of the molecule is Nc1ccc(Oc2ccc3c(c2)OCC(c2cccc(F)c2)C3)nc1. The van der Waals surface area contributed by atoms with Gasteiger partial charge in [-0.15, -0.1) is 0 Å². The topological polar surface area (TPSA) is 57.4 Å². The second-order valence-electron chi connectivity index (χ2n) is 6.07. The van der Waals surface area contributed by atoms with E-state index >= 15 is 0 Å². The Labute approximate surface area is 145 Å². The Hall–Kier alpha value is -3.08. The Morgan fingerprint density at radius 3 is 2.84 bits per heavy atom. The number of ether oxygens (including phenoxy) is 2. The number of nitrogen functional groups attached to an aromatic ring is 1. The van der Waals surface area contributed by atoms with Gasteiger partial charge >= 0.3 is 0 Å². The number of fused-ring (bicyclic) bond motifs is 1. The number of benzene rings is 2. The van der Waals surface area contributed by atoms with Crippen molar-refractivity contribution in [2.75, 3.05) is 12.3 Å². The lowest BCUT2D eigenvalue weighted by molar-refractivity contribution is 0.261. The first kappa shape index (κ1) is 15.4. The molecular formula is C20H17FN2O2. The molecule has 0 saturated heterocycles. The van der Waals surface area contributed by atoms with Crippen LogP contribution in [0.4, 0.5) is 10.1 Å². The van der Waals surface area contributed by atoms with E-state index in [-0.39, 0.29) is 11.7 Å². The van der Waals surface area contributed by atoms with E-state index in [1.807, 2.05) is 24.3 Å². The summed E-state index contributed by atoms with van der Waals surface area (Å²) in [5.74, 6) is 1.85. The second-order valence-corrected chi connectivity index (χ2v) is 6.07. The van der Waals surface area contributed by atoms with Crippen LogP contribution in [-0.2, 0) is 6.42 Å². The highest BCUT2D eigenvalue weighted by Gasteiger charge is 2.22. The van der Waals surface area contributed by atoms with Crippen molar-refractivity contribution in [3.05, 3.63) is 77.7 Å². The van der Waals surface area contributed by atoms with Crippen LogP contribution in [0.2, 0.25) is 0 Å². The van der Waals surface area contributed by atoms with Gasteiger partial charge in [0.05, 0.1) is 18.5 Å². The maximum atomic E-state index is 13.4. The summed E-state index contributed by atoms with van der Waals surface area (Å²) in [6, 6.07) is 15.9. The number of hydrogen-bond acceptors (Lipinski definition) is 4. The molecule has 0 spiro atoms. The molecule has 1 atom stereocenters. The van der Waals surface area contributed by atoms with Gasteiger partial charge < -0.3 is 15.2 Å². The molecule has 1 unspecified atom stereocenters. The first-order chi connectivity index (χ1) is 12.2. The van der Waals surface area contributed by atoms with E-state index in [0.717, 1.165) is 23.3 Å². The summed E-state index contributed by atoms with van der Waals surface area (Å²) in [6.45, 7) is 0.514. The van der Waals surface area contributed by atoms with Gasteiger partial charge in [0.1, 0.15) is 17.3 Å². The van der Waals surface area contributed by atoms with Crippen LogP contribution >= 0.6 is 0 Å². The molecule has 126 valence electrons. The molecule has 1 aliphatic heterocycles. The maximum absolute atomic E-state index is 13.4. The molecule has 0 bridgehead atoms. The highest BCUT2D eigenvalue weighted by atomic mass is 19.1. The molecule has 0 fully saturated rings. The Balaban J connectivity index is 1.52. The number of nitrogens with zero attached hydrogens (tertiary/aromatic N) is 1. The zero-order valence-corrected chi connectivity index (χ0v) is 13.5. The molecule has 0 saturated carbocycles. The number of pyridine rings is 1. The first-order valence-electron chi connectivity index (χ1n) is 8.08. The van der Waals surface area contributed by atoms with E-state index < -0.39 is 0 Å². The highest BCUT2D eigenvalue weighted by molar-refractivity contribution is 5.45. The highest BCUT2D eigenvalue weighted by Crippen LogP contribution is 2.35. The van der Waals surface area contributed by atoms with Crippen molar-refractivity contribution in [2.24, 2.45) is 0 Å². The third kappa shape index (κ3) is 3.40. The van der Waals surface area contributed by atoms with Crippen molar-refractivity contribution < 1.29 is 13.9 Å². The van der Waals surface area contributed by atoms with Gasteiger partial charge in [-0.25, -0.2) is 9.37 Å². The monoisotopic (exact) mass is 336 g/mol. The summed E-state index contributed by atoms with van der Waals surface area (Å²) in [4.78, 5) is 4.12. The molecule has 2 aromatic carbocycles. The average molecular weight is 336 g/mol. The van der Waals surface area contributed by atoms with Crippen LogP contribution < -0.4 is 15.2 Å². The van der Waals surface area contributed by atoms with Crippen molar-refractivity contribution >= 4 is 5.69 Å². The molecular weight excluding hydrogens is 319 g/mol. The number of halogens is 1. The minimum atomic E-state index is -0.219. The first-order valence-corrected chi connectivity index (χ1v) is 8.08. The largest absolute Gasteiger partial charge is 0.493 e. The minimum Gasteiger partial charge on any atom is -0.493 e. The van der Waals surface area contributed by atoms with Crippen LogP contribution in [0.5, 0.6) is 17.4 Å². The van der Waals surface area contributed by atoms with Crippen LogP contribution in [0.3, 0.4) is 0 Å². The lowest BCUT2D eigenvalue weighted by Crippen LogP contribution is -2.19. The fraction of sp³-hybridized carbons (Fsp3) is 0.150. The Morgan fingerprint density at radius 1 is 1.12 bits per heavy atom. The van der Waals surface area contributed by atoms with Crippen LogP contribution in [0.1, 0.15) is 17.0 Å². The maximum Gasteiger partial charge on any atom is 0.219 e. The third-order valence-electron chi connectivity index (χ3n) is 4.25. The van der Waals surface area contributed by atoms with Crippen LogP contribution in [0.15, 0.2) is 60.8 Å². The Bertz CT molecular complexity index is 896.